The molecule has 1 fully saturated rings. The Balaban J connectivity index is 1.53. The molecular formula is C26H30N4O4S. The Labute approximate surface area is 209 Å². The number of carbonyl (C=O) groups is 2. The highest BCUT2D eigenvalue weighted by Gasteiger charge is 2.31. The monoisotopic (exact) mass is 494 g/mol. The van der Waals surface area contributed by atoms with Crippen molar-refractivity contribution in [2.45, 2.75) is 37.1 Å². The van der Waals surface area contributed by atoms with Crippen LogP contribution < -0.4 is 4.74 Å². The van der Waals surface area contributed by atoms with Crippen molar-refractivity contribution in [3.05, 3.63) is 54.6 Å². The van der Waals surface area contributed by atoms with Crippen molar-refractivity contribution in [2.24, 2.45) is 5.92 Å². The van der Waals surface area contributed by atoms with Gasteiger partial charge in [-0.2, -0.15) is 0 Å². The van der Waals surface area contributed by atoms with E-state index in [4.69, 9.17) is 9.47 Å². The van der Waals surface area contributed by atoms with E-state index in [1.54, 1.807) is 7.11 Å². The van der Waals surface area contributed by atoms with E-state index in [9.17, 15) is 9.59 Å². The van der Waals surface area contributed by atoms with E-state index in [-0.39, 0.29) is 23.0 Å². The minimum Gasteiger partial charge on any atom is -0.497 e. The lowest BCUT2D eigenvalue weighted by atomic mass is 9.97. The van der Waals surface area contributed by atoms with Gasteiger partial charge in [-0.3, -0.25) is 14.2 Å². The van der Waals surface area contributed by atoms with Crippen molar-refractivity contribution in [2.75, 3.05) is 26.8 Å². The predicted molar refractivity (Wildman–Crippen MR) is 135 cm³/mol. The number of nitrogens with zero attached hydrogens (tertiary/aromatic N) is 4. The van der Waals surface area contributed by atoms with Gasteiger partial charge in [0.15, 0.2) is 11.0 Å². The highest BCUT2D eigenvalue weighted by molar-refractivity contribution is 8.00. The number of carbonyl (C=O) groups excluding carboxylic acids is 2. The summed E-state index contributed by atoms with van der Waals surface area (Å²) in [5, 5.41) is 9.19. The van der Waals surface area contributed by atoms with Crippen LogP contribution in [-0.2, 0) is 14.3 Å². The third-order valence-corrected chi connectivity index (χ3v) is 7.06. The number of hydrogen-bond acceptors (Lipinski definition) is 7. The molecule has 35 heavy (non-hydrogen) atoms. The van der Waals surface area contributed by atoms with Crippen LogP contribution in [0, 0.1) is 5.92 Å². The van der Waals surface area contributed by atoms with Gasteiger partial charge in [0.05, 0.1) is 24.9 Å². The molecule has 184 valence electrons. The van der Waals surface area contributed by atoms with Crippen LogP contribution in [0.2, 0.25) is 0 Å². The van der Waals surface area contributed by atoms with Gasteiger partial charge in [-0.25, -0.2) is 0 Å². The molecule has 4 rings (SSSR count). The number of thioether (sulfide) groups is 1. The zero-order valence-corrected chi connectivity index (χ0v) is 21.0. The molecule has 1 unspecified atom stereocenters. The molecule has 1 atom stereocenters. The number of esters is 1. The molecule has 0 aliphatic carbocycles. The Morgan fingerprint density at radius 1 is 1.09 bits per heavy atom. The van der Waals surface area contributed by atoms with Crippen LogP contribution in [0.5, 0.6) is 5.75 Å². The van der Waals surface area contributed by atoms with Crippen LogP contribution in [0.4, 0.5) is 0 Å². The minimum atomic E-state index is -0.362. The first kappa shape index (κ1) is 24.8. The number of rotatable bonds is 8. The number of aromatic nitrogens is 3. The fraction of sp³-hybridized carbons (Fsp3) is 0.385. The second kappa shape index (κ2) is 11.4. The highest BCUT2D eigenvalue weighted by atomic mass is 32.2. The van der Waals surface area contributed by atoms with Crippen molar-refractivity contribution >= 4 is 23.6 Å². The van der Waals surface area contributed by atoms with Gasteiger partial charge in [-0.1, -0.05) is 42.1 Å². The van der Waals surface area contributed by atoms with E-state index in [1.807, 2.05) is 77.9 Å². The lowest BCUT2D eigenvalue weighted by molar-refractivity contribution is -0.151. The Bertz CT molecular complexity index is 1160. The molecule has 1 aromatic heterocycles. The number of para-hydroxylation sites is 1. The number of amides is 1. The Morgan fingerprint density at radius 2 is 1.83 bits per heavy atom. The molecule has 1 aliphatic rings. The molecule has 1 amide bonds. The maximum Gasteiger partial charge on any atom is 0.309 e. The largest absolute Gasteiger partial charge is 0.497 e. The summed E-state index contributed by atoms with van der Waals surface area (Å²) in [6.07, 6.45) is 1.25. The zero-order chi connectivity index (χ0) is 24.8. The number of piperidine rings is 1. The maximum absolute atomic E-state index is 13.2. The topological polar surface area (TPSA) is 86.6 Å². The van der Waals surface area contributed by atoms with E-state index >= 15 is 0 Å². The Hall–Kier alpha value is -3.33. The van der Waals surface area contributed by atoms with Crippen molar-refractivity contribution in [3.8, 4) is 22.8 Å². The van der Waals surface area contributed by atoms with E-state index in [0.717, 1.165) is 17.0 Å². The maximum atomic E-state index is 13.2. The molecule has 0 saturated carbocycles. The van der Waals surface area contributed by atoms with Gasteiger partial charge in [-0.15, -0.1) is 10.2 Å². The average Bonchev–Trinajstić information content (AvgIpc) is 3.32. The van der Waals surface area contributed by atoms with Crippen LogP contribution in [0.1, 0.15) is 26.7 Å². The van der Waals surface area contributed by atoms with Gasteiger partial charge in [0, 0.05) is 24.3 Å². The first-order valence-corrected chi connectivity index (χ1v) is 12.7. The summed E-state index contributed by atoms with van der Waals surface area (Å²) in [4.78, 5) is 27.1. The van der Waals surface area contributed by atoms with Crippen LogP contribution >= 0.6 is 11.8 Å². The smallest absolute Gasteiger partial charge is 0.309 e. The summed E-state index contributed by atoms with van der Waals surface area (Å²) in [6, 6.07) is 17.5. The van der Waals surface area contributed by atoms with Gasteiger partial charge in [-0.05, 0) is 51.0 Å². The molecule has 9 heteroatoms. The number of hydrogen-bond donors (Lipinski definition) is 0. The number of methoxy groups -OCH3 is 1. The summed E-state index contributed by atoms with van der Waals surface area (Å²) in [5.41, 5.74) is 1.78. The fourth-order valence-electron chi connectivity index (χ4n) is 4.17. The van der Waals surface area contributed by atoms with Crippen LogP contribution in [0.15, 0.2) is 59.8 Å². The van der Waals surface area contributed by atoms with Crippen molar-refractivity contribution < 1.29 is 19.1 Å². The van der Waals surface area contributed by atoms with Gasteiger partial charge in [0.1, 0.15) is 5.75 Å². The standard InChI is InChI=1S/C26H30N4O4S/c1-4-34-25(32)19-13-15-29(16-14-19)24(31)18(2)35-26-28-27-23(20-9-8-12-22(17-20)33-3)30(26)21-10-6-5-7-11-21/h5-12,17-19H,4,13-16H2,1-3H3. The molecule has 2 heterocycles. The van der Waals surface area contributed by atoms with Gasteiger partial charge >= 0.3 is 5.97 Å². The Morgan fingerprint density at radius 3 is 2.51 bits per heavy atom. The zero-order valence-electron chi connectivity index (χ0n) is 20.2. The molecule has 1 saturated heterocycles. The quantitative estimate of drug-likeness (QED) is 0.342. The van der Waals surface area contributed by atoms with Crippen molar-refractivity contribution in [1.29, 1.82) is 0 Å². The summed E-state index contributed by atoms with van der Waals surface area (Å²) >= 11 is 1.38. The molecule has 8 nitrogen and oxygen atoms in total. The van der Waals surface area contributed by atoms with Crippen LogP contribution in [0.25, 0.3) is 17.1 Å². The van der Waals surface area contributed by atoms with Crippen molar-refractivity contribution in [3.63, 3.8) is 0 Å². The van der Waals surface area contributed by atoms with Crippen LogP contribution in [-0.4, -0.2) is 63.6 Å². The summed E-state index contributed by atoms with van der Waals surface area (Å²) in [7, 11) is 1.63. The molecule has 3 aromatic rings. The normalized spacial score (nSPS) is 15.0. The van der Waals surface area contributed by atoms with Crippen LogP contribution in [0.3, 0.4) is 0 Å². The second-order valence-electron chi connectivity index (χ2n) is 8.32. The molecule has 0 radical (unpaired) electrons. The fourth-order valence-corrected chi connectivity index (χ4v) is 5.12. The molecular weight excluding hydrogens is 464 g/mol. The summed E-state index contributed by atoms with van der Waals surface area (Å²) in [6.45, 7) is 5.18. The number of ether oxygens (including phenoxy) is 2. The highest BCUT2D eigenvalue weighted by Crippen LogP contribution is 2.32. The SMILES string of the molecule is CCOC(=O)C1CCN(C(=O)C(C)Sc2nnc(-c3cccc(OC)c3)n2-c2ccccc2)CC1. The number of likely N-dealkylation sites (tertiary alicyclic amines) is 1. The third-order valence-electron chi connectivity index (χ3n) is 6.03. The lowest BCUT2D eigenvalue weighted by Crippen LogP contribution is -2.43. The molecule has 0 spiro atoms. The first-order valence-electron chi connectivity index (χ1n) is 11.8. The first-order chi connectivity index (χ1) is 17.0. The minimum absolute atomic E-state index is 0.0304. The molecule has 1 aliphatic heterocycles. The van der Waals surface area contributed by atoms with Gasteiger partial charge < -0.3 is 14.4 Å². The van der Waals surface area contributed by atoms with E-state index in [2.05, 4.69) is 10.2 Å². The molecule has 2 aromatic carbocycles. The second-order valence-corrected chi connectivity index (χ2v) is 9.63. The summed E-state index contributed by atoms with van der Waals surface area (Å²) < 4.78 is 12.5. The molecule has 0 N–H and O–H groups in total. The summed E-state index contributed by atoms with van der Waals surface area (Å²) in [5.74, 6) is 1.14. The lowest BCUT2D eigenvalue weighted by Gasteiger charge is -2.32. The van der Waals surface area contributed by atoms with Gasteiger partial charge in [0.2, 0.25) is 5.91 Å². The van der Waals surface area contributed by atoms with E-state index < -0.39 is 0 Å². The van der Waals surface area contributed by atoms with Crippen molar-refractivity contribution in [1.82, 2.24) is 19.7 Å². The third kappa shape index (κ3) is 5.67. The average molecular weight is 495 g/mol. The van der Waals surface area contributed by atoms with Gasteiger partial charge in [0.25, 0.3) is 0 Å². The molecule has 0 bridgehead atoms. The predicted octanol–water partition coefficient (Wildman–Crippen LogP) is 4.23. The Kier molecular flexibility index (Phi) is 8.07. The number of benzene rings is 2. The van der Waals surface area contributed by atoms with E-state index in [0.29, 0.717) is 43.5 Å². The van der Waals surface area contributed by atoms with E-state index in [1.165, 1.54) is 11.8 Å².